The van der Waals surface area contributed by atoms with E-state index in [4.69, 9.17) is 9.97 Å². The largest absolute Gasteiger partial charge is 0.309 e. The average molecular weight is 763 g/mol. The highest BCUT2D eigenvalue weighted by Gasteiger charge is 2.22. The maximum atomic E-state index is 5.45. The lowest BCUT2D eigenvalue weighted by atomic mass is 9.96. The Balaban J connectivity index is 1.08. The van der Waals surface area contributed by atoms with E-state index in [-0.39, 0.29) is 0 Å². The predicted octanol–water partition coefficient (Wildman–Crippen LogP) is 14.6. The molecule has 0 radical (unpaired) electrons. The first-order valence-corrected chi connectivity index (χ1v) is 20.5. The van der Waals surface area contributed by atoms with Crippen LogP contribution in [0.25, 0.3) is 121 Å². The summed E-state index contributed by atoms with van der Waals surface area (Å²) in [4.78, 5) is 10.9. The van der Waals surface area contributed by atoms with Crippen LogP contribution in [-0.2, 0) is 0 Å². The molecule has 0 aliphatic carbocycles. The maximum absolute atomic E-state index is 5.45. The van der Waals surface area contributed by atoms with Crippen molar-refractivity contribution in [3.8, 4) is 33.9 Å². The monoisotopic (exact) mass is 762 g/mol. The molecule has 3 heterocycles. The second-order valence-electron chi connectivity index (χ2n) is 15.7. The lowest BCUT2D eigenvalue weighted by molar-refractivity contribution is 1.18. The Morgan fingerprint density at radius 2 is 0.850 bits per heavy atom. The van der Waals surface area contributed by atoms with Crippen LogP contribution >= 0.6 is 0 Å². The first kappa shape index (κ1) is 32.9. The molecule has 13 rings (SSSR count). The molecule has 0 N–H and O–H groups in total. The van der Waals surface area contributed by atoms with Crippen molar-refractivity contribution in [2.24, 2.45) is 0 Å². The van der Waals surface area contributed by atoms with Gasteiger partial charge in [0.25, 0.3) is 0 Å². The van der Waals surface area contributed by atoms with Crippen molar-refractivity contribution >= 4 is 87.0 Å². The van der Waals surface area contributed by atoms with Gasteiger partial charge in [0, 0.05) is 43.7 Å². The lowest BCUT2D eigenvalue weighted by Gasteiger charge is -2.17. The number of fused-ring (bicyclic) bond motifs is 12. The van der Waals surface area contributed by atoms with Gasteiger partial charge in [0.15, 0.2) is 0 Å². The second kappa shape index (κ2) is 12.7. The van der Waals surface area contributed by atoms with E-state index >= 15 is 0 Å². The van der Waals surface area contributed by atoms with Gasteiger partial charge in [0.05, 0.1) is 50.2 Å². The van der Waals surface area contributed by atoms with Crippen molar-refractivity contribution < 1.29 is 0 Å². The van der Waals surface area contributed by atoms with Gasteiger partial charge in [0.1, 0.15) is 0 Å². The SMILES string of the molecule is c1ccc(-n2c3ccccc3c3cc(-c4nc5ccccc5nc4-c4ccc(-n5c6ccc7ccccc7c6c6c7ccccc7ccc65)c5ccccc45)ccc32)cc1. The van der Waals surface area contributed by atoms with Crippen LogP contribution in [0.5, 0.6) is 0 Å². The molecule has 10 aromatic carbocycles. The highest BCUT2D eigenvalue weighted by atomic mass is 15.0. The molecule has 0 aliphatic heterocycles. The normalized spacial score (nSPS) is 12.0. The highest BCUT2D eigenvalue weighted by Crippen LogP contribution is 2.44. The van der Waals surface area contributed by atoms with Gasteiger partial charge < -0.3 is 9.13 Å². The molecule has 0 spiro atoms. The van der Waals surface area contributed by atoms with Crippen LogP contribution in [0.1, 0.15) is 0 Å². The number of rotatable bonds is 4. The number of aromatic nitrogens is 4. The van der Waals surface area contributed by atoms with Crippen molar-refractivity contribution in [2.45, 2.75) is 0 Å². The zero-order chi connectivity index (χ0) is 39.3. The number of para-hydroxylation sites is 4. The van der Waals surface area contributed by atoms with Crippen molar-refractivity contribution in [1.29, 1.82) is 0 Å². The molecule has 4 nitrogen and oxygen atoms in total. The van der Waals surface area contributed by atoms with Crippen LogP contribution in [0.15, 0.2) is 206 Å². The first-order chi connectivity index (χ1) is 29.8. The molecule has 0 saturated heterocycles. The summed E-state index contributed by atoms with van der Waals surface area (Å²) in [6.45, 7) is 0. The van der Waals surface area contributed by atoms with Crippen LogP contribution in [0.2, 0.25) is 0 Å². The summed E-state index contributed by atoms with van der Waals surface area (Å²) in [6, 6.07) is 74.2. The Hall–Kier alpha value is -8.08. The molecule has 0 atom stereocenters. The van der Waals surface area contributed by atoms with Crippen molar-refractivity contribution in [3.63, 3.8) is 0 Å². The number of hydrogen-bond donors (Lipinski definition) is 0. The molecule has 0 amide bonds. The van der Waals surface area contributed by atoms with Gasteiger partial charge in [-0.25, -0.2) is 9.97 Å². The lowest BCUT2D eigenvalue weighted by Crippen LogP contribution is -1.99. The summed E-state index contributed by atoms with van der Waals surface area (Å²) in [5, 5.41) is 12.2. The summed E-state index contributed by atoms with van der Waals surface area (Å²) >= 11 is 0. The number of benzene rings is 10. The van der Waals surface area contributed by atoms with Crippen LogP contribution in [-0.4, -0.2) is 19.1 Å². The highest BCUT2D eigenvalue weighted by molar-refractivity contribution is 6.29. The number of nitrogens with zero attached hydrogens (tertiary/aromatic N) is 4. The number of hydrogen-bond acceptors (Lipinski definition) is 2. The van der Waals surface area contributed by atoms with Crippen LogP contribution in [0.4, 0.5) is 0 Å². The van der Waals surface area contributed by atoms with Crippen molar-refractivity contribution in [1.82, 2.24) is 19.1 Å². The fourth-order valence-corrected chi connectivity index (χ4v) is 9.86. The summed E-state index contributed by atoms with van der Waals surface area (Å²) in [5.41, 5.74) is 12.5. The quantitative estimate of drug-likeness (QED) is 0.179. The zero-order valence-electron chi connectivity index (χ0n) is 32.4. The molecule has 0 saturated carbocycles. The Labute approximate surface area is 344 Å². The predicted molar refractivity (Wildman–Crippen MR) is 252 cm³/mol. The minimum absolute atomic E-state index is 0.861. The molecule has 0 aliphatic rings. The molecule has 278 valence electrons. The smallest absolute Gasteiger partial charge is 0.0979 e. The third-order valence-electron chi connectivity index (χ3n) is 12.5. The van der Waals surface area contributed by atoms with Crippen LogP contribution in [0, 0.1) is 0 Å². The van der Waals surface area contributed by atoms with Gasteiger partial charge in [-0.1, -0.05) is 140 Å². The topological polar surface area (TPSA) is 35.6 Å². The molecule has 0 bridgehead atoms. The zero-order valence-corrected chi connectivity index (χ0v) is 32.4. The molecule has 13 aromatic rings. The van der Waals surface area contributed by atoms with Crippen LogP contribution < -0.4 is 0 Å². The third-order valence-corrected chi connectivity index (χ3v) is 12.5. The molecule has 0 fully saturated rings. The minimum Gasteiger partial charge on any atom is -0.309 e. The maximum Gasteiger partial charge on any atom is 0.0979 e. The molecule has 0 unspecified atom stereocenters. The fraction of sp³-hybridized carbons (Fsp3) is 0. The van der Waals surface area contributed by atoms with Crippen molar-refractivity contribution in [2.75, 3.05) is 0 Å². The summed E-state index contributed by atoms with van der Waals surface area (Å²) in [7, 11) is 0. The van der Waals surface area contributed by atoms with Crippen molar-refractivity contribution in [3.05, 3.63) is 206 Å². The van der Waals surface area contributed by atoms with E-state index in [1.165, 1.54) is 59.6 Å². The Kier molecular flexibility index (Phi) is 6.98. The van der Waals surface area contributed by atoms with E-state index in [0.717, 1.165) is 61.2 Å². The molecule has 3 aromatic heterocycles. The Morgan fingerprint density at radius 1 is 0.317 bits per heavy atom. The van der Waals surface area contributed by atoms with E-state index in [0.29, 0.717) is 0 Å². The second-order valence-corrected chi connectivity index (χ2v) is 15.7. The van der Waals surface area contributed by atoms with Crippen LogP contribution in [0.3, 0.4) is 0 Å². The fourth-order valence-electron chi connectivity index (χ4n) is 9.86. The van der Waals surface area contributed by atoms with Gasteiger partial charge in [-0.2, -0.15) is 0 Å². The minimum atomic E-state index is 0.861. The summed E-state index contributed by atoms with van der Waals surface area (Å²) < 4.78 is 4.83. The Morgan fingerprint density at radius 3 is 1.55 bits per heavy atom. The van der Waals surface area contributed by atoms with E-state index < -0.39 is 0 Å². The van der Waals surface area contributed by atoms with Gasteiger partial charge in [-0.15, -0.1) is 0 Å². The van der Waals surface area contributed by atoms with E-state index in [1.807, 2.05) is 12.1 Å². The van der Waals surface area contributed by atoms with Gasteiger partial charge in [-0.3, -0.25) is 0 Å². The molecular formula is C56H34N4. The summed E-state index contributed by atoms with van der Waals surface area (Å²) in [5.74, 6) is 0. The van der Waals surface area contributed by atoms with E-state index in [2.05, 4.69) is 203 Å². The molecule has 60 heavy (non-hydrogen) atoms. The first-order valence-electron chi connectivity index (χ1n) is 20.5. The third kappa shape index (κ3) is 4.73. The van der Waals surface area contributed by atoms with E-state index in [1.54, 1.807) is 0 Å². The summed E-state index contributed by atoms with van der Waals surface area (Å²) in [6.07, 6.45) is 0. The Bertz CT molecular complexity index is 3800. The molecular weight excluding hydrogens is 729 g/mol. The average Bonchev–Trinajstić information content (AvgIpc) is 3.84. The van der Waals surface area contributed by atoms with Gasteiger partial charge in [0.2, 0.25) is 0 Å². The standard InChI is InChI=1S/C56H34N4/c1-2-16-38(17-3-1)59-48-25-13-10-22-43(48)45-34-37(28-30-50(45)59)55-56(58-47-24-12-11-23-46(47)57-55)44-29-33-49(42-21-9-8-20-41(42)44)60-51-31-26-35-14-4-6-18-39(35)53(51)54-40-19-7-5-15-36(40)27-32-52(54)60/h1-34H. The molecule has 4 heteroatoms. The van der Waals surface area contributed by atoms with Gasteiger partial charge in [-0.05, 0) is 93.7 Å². The van der Waals surface area contributed by atoms with Gasteiger partial charge >= 0.3 is 0 Å². The van der Waals surface area contributed by atoms with E-state index in [9.17, 15) is 0 Å².